The molecule has 252 valence electrons. The number of nitrogens with one attached hydrogen (secondary N) is 1. The molecule has 2 aliphatic heterocycles. The minimum absolute atomic E-state index is 0.0199. The van der Waals surface area contributed by atoms with Crippen molar-refractivity contribution in [2.45, 2.75) is 36.6 Å². The summed E-state index contributed by atoms with van der Waals surface area (Å²) in [6.07, 6.45) is 0.490. The van der Waals surface area contributed by atoms with Gasteiger partial charge in [0.15, 0.2) is 5.82 Å². The van der Waals surface area contributed by atoms with Crippen LogP contribution in [0.1, 0.15) is 18.4 Å². The topological polar surface area (TPSA) is 134 Å². The molecule has 1 aromatic heterocycles. The molecule has 0 amide bonds. The molecular formula is C36H37N7O5S. The number of sulfonamides is 1. The predicted octanol–water partition coefficient (Wildman–Crippen LogP) is 5.10. The highest BCUT2D eigenvalue weighted by Crippen LogP contribution is 2.32. The minimum atomic E-state index is -4.04. The van der Waals surface area contributed by atoms with E-state index in [-0.39, 0.29) is 17.9 Å². The van der Waals surface area contributed by atoms with Crippen LogP contribution in [0.15, 0.2) is 114 Å². The molecule has 2 unspecified atom stereocenters. The number of ether oxygens (including phenoxy) is 1. The lowest BCUT2D eigenvalue weighted by molar-refractivity contribution is -0.580. The fraction of sp³-hybridized carbons (Fsp3) is 0.278. The summed E-state index contributed by atoms with van der Waals surface area (Å²) in [6, 6.07) is 32.4. The van der Waals surface area contributed by atoms with E-state index in [1.54, 1.807) is 18.2 Å². The second kappa shape index (κ2) is 14.3. The number of benzene rings is 4. The highest BCUT2D eigenvalue weighted by atomic mass is 32.2. The molecule has 2 fully saturated rings. The number of hydrogen-bond acceptors (Lipinski definition) is 10. The highest BCUT2D eigenvalue weighted by molar-refractivity contribution is 7.89. The van der Waals surface area contributed by atoms with Crippen LogP contribution in [-0.2, 0) is 21.3 Å². The maximum Gasteiger partial charge on any atom is 0.317 e. The number of hydrazine groups is 1. The van der Waals surface area contributed by atoms with Crippen molar-refractivity contribution in [2.75, 3.05) is 42.7 Å². The molecule has 0 radical (unpaired) electrons. The Kier molecular flexibility index (Phi) is 9.49. The van der Waals surface area contributed by atoms with Gasteiger partial charge < -0.3 is 9.64 Å². The summed E-state index contributed by atoms with van der Waals surface area (Å²) in [5.74, 6) is 0.326. The Morgan fingerprint density at radius 2 is 1.61 bits per heavy atom. The molecule has 0 aliphatic carbocycles. The molecule has 1 N–H and O–H groups in total. The largest absolute Gasteiger partial charge is 0.369 e. The molecule has 0 bridgehead atoms. The van der Waals surface area contributed by atoms with Crippen LogP contribution in [-0.4, -0.2) is 73.3 Å². The zero-order chi connectivity index (χ0) is 33.8. The second-order valence-electron chi connectivity index (χ2n) is 12.3. The molecule has 2 saturated heterocycles. The summed E-state index contributed by atoms with van der Waals surface area (Å²) in [7, 11) is -4.04. The Balaban J connectivity index is 1.11. The summed E-state index contributed by atoms with van der Waals surface area (Å²) >= 11 is 0. The first-order valence-electron chi connectivity index (χ1n) is 16.3. The van der Waals surface area contributed by atoms with Gasteiger partial charge in [-0.25, -0.2) is 18.4 Å². The SMILES string of the molecule is O=[N+]([O-])C1CC(N(NS(=O)(=O)c2ccccc2)c2ncnc3cc(N4CCN(Cc5ccccc5-c5ccccc5)CC4)ccc23)CCO1. The number of rotatable bonds is 10. The molecule has 5 aromatic rings. The number of nitrogens with zero attached hydrogens (tertiary/aromatic N) is 6. The van der Waals surface area contributed by atoms with Gasteiger partial charge in [0.1, 0.15) is 6.33 Å². The fourth-order valence-corrected chi connectivity index (χ4v) is 7.71. The maximum atomic E-state index is 13.5. The Bertz CT molecular complexity index is 2030. The van der Waals surface area contributed by atoms with E-state index in [0.29, 0.717) is 23.1 Å². The Labute approximate surface area is 285 Å². The molecule has 12 nitrogen and oxygen atoms in total. The lowest BCUT2D eigenvalue weighted by Crippen LogP contribution is -2.53. The van der Waals surface area contributed by atoms with Gasteiger partial charge in [0.25, 0.3) is 10.0 Å². The van der Waals surface area contributed by atoms with Gasteiger partial charge in [-0.15, -0.1) is 4.83 Å². The third-order valence-electron chi connectivity index (χ3n) is 9.17. The Morgan fingerprint density at radius 1 is 0.898 bits per heavy atom. The van der Waals surface area contributed by atoms with Gasteiger partial charge in [-0.3, -0.25) is 20.0 Å². The van der Waals surface area contributed by atoms with E-state index < -0.39 is 27.2 Å². The summed E-state index contributed by atoms with van der Waals surface area (Å²) in [5.41, 5.74) is 5.43. The summed E-state index contributed by atoms with van der Waals surface area (Å²) < 4.78 is 32.4. The van der Waals surface area contributed by atoms with E-state index in [2.05, 4.69) is 73.1 Å². The van der Waals surface area contributed by atoms with Crippen LogP contribution in [0, 0.1) is 10.1 Å². The van der Waals surface area contributed by atoms with Gasteiger partial charge in [-0.05, 0) is 53.4 Å². The molecule has 49 heavy (non-hydrogen) atoms. The van der Waals surface area contributed by atoms with E-state index in [4.69, 9.17) is 4.74 Å². The number of piperazine rings is 1. The first-order valence-corrected chi connectivity index (χ1v) is 17.8. The van der Waals surface area contributed by atoms with E-state index in [0.717, 1.165) is 38.4 Å². The van der Waals surface area contributed by atoms with Crippen LogP contribution in [0.2, 0.25) is 0 Å². The minimum Gasteiger partial charge on any atom is -0.369 e. The third kappa shape index (κ3) is 7.25. The van der Waals surface area contributed by atoms with Crippen molar-refractivity contribution in [3.63, 3.8) is 0 Å². The number of fused-ring (bicyclic) bond motifs is 1. The highest BCUT2D eigenvalue weighted by Gasteiger charge is 2.37. The molecule has 2 aliphatic rings. The standard InChI is InChI=1S/C36H37N7O5S/c44-43(45)35-24-30(17-22-48-35)42(39-49(46,47)31-12-5-2-6-13-31)36-33-16-15-29(23-34(33)37-26-38-36)41-20-18-40(19-21-41)25-28-11-7-8-14-32(28)27-9-3-1-4-10-27/h1-16,23,26,30,35,39H,17-22,24-25H2. The molecule has 0 saturated carbocycles. The van der Waals surface area contributed by atoms with Gasteiger partial charge >= 0.3 is 6.23 Å². The van der Waals surface area contributed by atoms with Crippen molar-refractivity contribution in [2.24, 2.45) is 0 Å². The van der Waals surface area contributed by atoms with Gasteiger partial charge in [0.05, 0.1) is 34.4 Å². The van der Waals surface area contributed by atoms with Crippen molar-refractivity contribution in [1.82, 2.24) is 19.7 Å². The molecular weight excluding hydrogens is 643 g/mol. The quantitative estimate of drug-likeness (QED) is 0.157. The normalized spacial score (nSPS) is 18.7. The fourth-order valence-electron chi connectivity index (χ4n) is 6.60. The number of nitro groups is 1. The number of aromatic nitrogens is 2. The van der Waals surface area contributed by atoms with Crippen molar-refractivity contribution in [1.29, 1.82) is 0 Å². The number of hydrogen-bond donors (Lipinski definition) is 1. The third-order valence-corrected chi connectivity index (χ3v) is 10.5. The predicted molar refractivity (Wildman–Crippen MR) is 188 cm³/mol. The van der Waals surface area contributed by atoms with Gasteiger partial charge in [0, 0.05) is 43.8 Å². The van der Waals surface area contributed by atoms with E-state index in [9.17, 15) is 18.5 Å². The van der Waals surface area contributed by atoms with Crippen LogP contribution < -0.4 is 14.7 Å². The van der Waals surface area contributed by atoms with E-state index in [1.807, 2.05) is 24.3 Å². The van der Waals surface area contributed by atoms with Crippen molar-refractivity contribution in [3.8, 4) is 11.1 Å². The van der Waals surface area contributed by atoms with Gasteiger partial charge in [-0.2, -0.15) is 0 Å². The maximum absolute atomic E-state index is 13.5. The monoisotopic (exact) mass is 679 g/mol. The number of anilines is 2. The Morgan fingerprint density at radius 3 is 2.37 bits per heavy atom. The van der Waals surface area contributed by atoms with Crippen LogP contribution in [0.3, 0.4) is 0 Å². The molecule has 13 heteroatoms. The van der Waals surface area contributed by atoms with Crippen molar-refractivity contribution in [3.05, 3.63) is 125 Å². The van der Waals surface area contributed by atoms with Crippen molar-refractivity contribution >= 4 is 32.4 Å². The summed E-state index contributed by atoms with van der Waals surface area (Å²) in [4.78, 5) is 27.8. The zero-order valence-electron chi connectivity index (χ0n) is 26.8. The molecule has 2 atom stereocenters. The second-order valence-corrected chi connectivity index (χ2v) is 13.9. The molecule has 7 rings (SSSR count). The molecule has 0 spiro atoms. The summed E-state index contributed by atoms with van der Waals surface area (Å²) in [6.45, 7) is 4.44. The summed E-state index contributed by atoms with van der Waals surface area (Å²) in [5, 5.41) is 13.7. The van der Waals surface area contributed by atoms with Gasteiger partial charge in [-0.1, -0.05) is 72.8 Å². The smallest absolute Gasteiger partial charge is 0.317 e. The van der Waals surface area contributed by atoms with Crippen LogP contribution in [0.25, 0.3) is 22.0 Å². The molecule has 4 aromatic carbocycles. The van der Waals surface area contributed by atoms with Crippen LogP contribution in [0.5, 0.6) is 0 Å². The first-order chi connectivity index (χ1) is 23.9. The average molecular weight is 680 g/mol. The van der Waals surface area contributed by atoms with E-state index in [1.165, 1.54) is 40.2 Å². The zero-order valence-corrected chi connectivity index (χ0v) is 27.7. The first kappa shape index (κ1) is 32.6. The lowest BCUT2D eigenvalue weighted by atomic mass is 9.99. The Hall–Kier alpha value is -4.95. The molecule has 3 heterocycles. The van der Waals surface area contributed by atoms with Crippen LogP contribution in [0.4, 0.5) is 11.5 Å². The van der Waals surface area contributed by atoms with Crippen LogP contribution >= 0.6 is 0 Å². The lowest BCUT2D eigenvalue weighted by Gasteiger charge is -2.37. The average Bonchev–Trinajstić information content (AvgIpc) is 3.15. The van der Waals surface area contributed by atoms with E-state index >= 15 is 0 Å². The van der Waals surface area contributed by atoms with Gasteiger partial charge in [0.2, 0.25) is 0 Å². The van der Waals surface area contributed by atoms with Crippen molar-refractivity contribution < 1.29 is 18.1 Å².